The number of aryl methyl sites for hydroxylation is 1. The van der Waals surface area contributed by atoms with Crippen molar-refractivity contribution >= 4 is 21.6 Å². The summed E-state index contributed by atoms with van der Waals surface area (Å²) in [5.74, 6) is -0.514. The number of sulfonamides is 1. The Balaban J connectivity index is 1.71. The van der Waals surface area contributed by atoms with Crippen molar-refractivity contribution in [1.29, 1.82) is 0 Å². The summed E-state index contributed by atoms with van der Waals surface area (Å²) in [4.78, 5) is 16.4. The number of benzene rings is 1. The molecule has 1 saturated heterocycles. The van der Waals surface area contributed by atoms with Crippen LogP contribution in [0.25, 0.3) is 0 Å². The molecule has 1 amide bonds. The fourth-order valence-electron chi connectivity index (χ4n) is 2.79. The van der Waals surface area contributed by atoms with Crippen LogP contribution in [0.1, 0.15) is 12.8 Å². The largest absolute Gasteiger partial charge is 0.339 e. The summed E-state index contributed by atoms with van der Waals surface area (Å²) in [5, 5.41) is 2.87. The first kappa shape index (κ1) is 16.7. The average molecular weight is 348 g/mol. The van der Waals surface area contributed by atoms with E-state index in [-0.39, 0.29) is 23.4 Å². The van der Waals surface area contributed by atoms with Gasteiger partial charge in [0.15, 0.2) is 5.03 Å². The van der Waals surface area contributed by atoms with E-state index in [4.69, 9.17) is 0 Å². The number of amides is 1. The maximum Gasteiger partial charge on any atom is 0.262 e. The van der Waals surface area contributed by atoms with Crippen molar-refractivity contribution in [1.82, 2.24) is 13.9 Å². The van der Waals surface area contributed by atoms with Crippen LogP contribution in [-0.2, 0) is 21.9 Å². The molecule has 128 valence electrons. The van der Waals surface area contributed by atoms with Gasteiger partial charge in [-0.15, -0.1) is 0 Å². The normalized spacial score (nSPS) is 19.1. The van der Waals surface area contributed by atoms with E-state index in [9.17, 15) is 13.2 Å². The van der Waals surface area contributed by atoms with Crippen LogP contribution in [0.3, 0.4) is 0 Å². The Morgan fingerprint density at radius 3 is 2.71 bits per heavy atom. The van der Waals surface area contributed by atoms with Crippen LogP contribution >= 0.6 is 0 Å². The predicted molar refractivity (Wildman–Crippen MR) is 89.8 cm³/mol. The topological polar surface area (TPSA) is 84.3 Å². The highest BCUT2D eigenvalue weighted by molar-refractivity contribution is 7.89. The van der Waals surface area contributed by atoms with Crippen LogP contribution in [-0.4, -0.2) is 41.3 Å². The number of nitrogens with one attached hydrogen (secondary N) is 1. The average Bonchev–Trinajstić information content (AvgIpc) is 3.03. The van der Waals surface area contributed by atoms with Crippen molar-refractivity contribution in [2.45, 2.75) is 17.9 Å². The van der Waals surface area contributed by atoms with Gasteiger partial charge in [-0.25, -0.2) is 13.4 Å². The number of carbonyl (C=O) groups is 1. The molecule has 1 aromatic carbocycles. The Bertz CT molecular complexity index is 817. The summed E-state index contributed by atoms with van der Waals surface area (Å²) in [6, 6.07) is 9.17. The minimum atomic E-state index is -3.66. The number of aromatic nitrogens is 2. The molecule has 0 aliphatic carbocycles. The van der Waals surface area contributed by atoms with Gasteiger partial charge in [0.1, 0.15) is 0 Å². The molecule has 1 atom stereocenters. The van der Waals surface area contributed by atoms with E-state index in [1.807, 2.05) is 30.3 Å². The smallest absolute Gasteiger partial charge is 0.262 e. The molecule has 1 N–H and O–H groups in total. The zero-order chi connectivity index (χ0) is 17.2. The first-order valence-electron chi connectivity index (χ1n) is 7.81. The zero-order valence-corrected chi connectivity index (χ0v) is 14.2. The van der Waals surface area contributed by atoms with Crippen molar-refractivity contribution in [2.75, 3.05) is 18.4 Å². The summed E-state index contributed by atoms with van der Waals surface area (Å²) in [7, 11) is -1.94. The van der Waals surface area contributed by atoms with E-state index in [0.717, 1.165) is 0 Å². The Morgan fingerprint density at radius 2 is 2.04 bits per heavy atom. The lowest BCUT2D eigenvalue weighted by Gasteiger charge is -2.30. The third kappa shape index (κ3) is 3.49. The highest BCUT2D eigenvalue weighted by Crippen LogP contribution is 2.24. The molecule has 1 unspecified atom stereocenters. The Morgan fingerprint density at radius 1 is 1.29 bits per heavy atom. The SMILES string of the molecule is Cn1cnc(S(=O)(=O)N2CCCC(C(=O)Nc3ccccc3)C2)c1. The van der Waals surface area contributed by atoms with Crippen molar-refractivity contribution in [2.24, 2.45) is 13.0 Å². The third-order valence-corrected chi connectivity index (χ3v) is 5.83. The van der Waals surface area contributed by atoms with Crippen LogP contribution in [0.2, 0.25) is 0 Å². The molecule has 7 nitrogen and oxygen atoms in total. The van der Waals surface area contributed by atoms with Gasteiger partial charge in [-0.05, 0) is 25.0 Å². The molecule has 0 bridgehead atoms. The minimum absolute atomic E-state index is 0.0223. The van der Waals surface area contributed by atoms with E-state index in [1.54, 1.807) is 11.6 Å². The second-order valence-electron chi connectivity index (χ2n) is 5.93. The Labute approximate surface area is 141 Å². The van der Waals surface area contributed by atoms with Gasteiger partial charge in [0.25, 0.3) is 10.0 Å². The lowest BCUT2D eigenvalue weighted by molar-refractivity contribution is -0.120. The van der Waals surface area contributed by atoms with Gasteiger partial charge in [-0.1, -0.05) is 18.2 Å². The highest BCUT2D eigenvalue weighted by Gasteiger charge is 2.34. The van der Waals surface area contributed by atoms with E-state index >= 15 is 0 Å². The molecule has 8 heteroatoms. The number of anilines is 1. The van der Waals surface area contributed by atoms with Crippen molar-refractivity contribution in [3.63, 3.8) is 0 Å². The van der Waals surface area contributed by atoms with Gasteiger partial charge in [-0.3, -0.25) is 4.79 Å². The van der Waals surface area contributed by atoms with Gasteiger partial charge in [-0.2, -0.15) is 4.31 Å². The quantitative estimate of drug-likeness (QED) is 0.906. The van der Waals surface area contributed by atoms with Crippen LogP contribution in [0.4, 0.5) is 5.69 Å². The van der Waals surface area contributed by atoms with E-state index in [2.05, 4.69) is 10.3 Å². The maximum atomic E-state index is 12.6. The fourth-order valence-corrected chi connectivity index (χ4v) is 4.28. The summed E-state index contributed by atoms with van der Waals surface area (Å²) in [6.45, 7) is 0.589. The molecule has 0 spiro atoms. The third-order valence-electron chi connectivity index (χ3n) is 4.08. The number of carbonyl (C=O) groups excluding carboxylic acids is 1. The molecule has 1 aliphatic heterocycles. The van der Waals surface area contributed by atoms with E-state index in [0.29, 0.717) is 25.1 Å². The number of imidazole rings is 1. The maximum absolute atomic E-state index is 12.6. The first-order valence-corrected chi connectivity index (χ1v) is 9.25. The number of para-hydroxylation sites is 1. The summed E-state index contributed by atoms with van der Waals surface area (Å²) < 4.78 is 28.2. The molecule has 0 saturated carbocycles. The van der Waals surface area contributed by atoms with Gasteiger partial charge in [0.2, 0.25) is 5.91 Å². The second-order valence-corrected chi connectivity index (χ2v) is 7.82. The Kier molecular flexibility index (Phi) is 4.68. The number of rotatable bonds is 4. The standard InChI is InChI=1S/C16H20N4O3S/c1-19-11-15(17-12-19)24(22,23)20-9-5-6-13(10-20)16(21)18-14-7-3-2-4-8-14/h2-4,7-8,11-13H,5-6,9-10H2,1H3,(H,18,21). The first-order chi connectivity index (χ1) is 11.5. The second kappa shape index (κ2) is 6.74. The fraction of sp³-hybridized carbons (Fsp3) is 0.375. The van der Waals surface area contributed by atoms with Gasteiger partial charge < -0.3 is 9.88 Å². The number of hydrogen-bond acceptors (Lipinski definition) is 4. The molecule has 24 heavy (non-hydrogen) atoms. The summed E-state index contributed by atoms with van der Waals surface area (Å²) in [5.41, 5.74) is 0.715. The Hall–Kier alpha value is -2.19. The minimum Gasteiger partial charge on any atom is -0.339 e. The number of hydrogen-bond donors (Lipinski definition) is 1. The molecule has 1 aromatic heterocycles. The number of piperidine rings is 1. The molecule has 1 aliphatic rings. The van der Waals surface area contributed by atoms with Crippen LogP contribution in [0, 0.1) is 5.92 Å². The molecular formula is C16H20N4O3S. The monoisotopic (exact) mass is 348 g/mol. The van der Waals surface area contributed by atoms with E-state index < -0.39 is 10.0 Å². The molecule has 2 aromatic rings. The van der Waals surface area contributed by atoms with Crippen molar-refractivity contribution < 1.29 is 13.2 Å². The number of nitrogens with zero attached hydrogens (tertiary/aromatic N) is 3. The predicted octanol–water partition coefficient (Wildman–Crippen LogP) is 1.46. The van der Waals surface area contributed by atoms with Gasteiger partial charge in [0.05, 0.1) is 12.2 Å². The molecule has 0 radical (unpaired) electrons. The van der Waals surface area contributed by atoms with Crippen molar-refractivity contribution in [3.05, 3.63) is 42.9 Å². The molecule has 2 heterocycles. The van der Waals surface area contributed by atoms with E-state index in [1.165, 1.54) is 16.8 Å². The van der Waals surface area contributed by atoms with Crippen molar-refractivity contribution in [3.8, 4) is 0 Å². The zero-order valence-electron chi connectivity index (χ0n) is 13.4. The highest BCUT2D eigenvalue weighted by atomic mass is 32.2. The lowest BCUT2D eigenvalue weighted by Crippen LogP contribution is -2.43. The summed E-state index contributed by atoms with van der Waals surface area (Å²) >= 11 is 0. The van der Waals surface area contributed by atoms with Crippen LogP contribution in [0.15, 0.2) is 47.9 Å². The summed E-state index contributed by atoms with van der Waals surface area (Å²) in [6.07, 6.45) is 4.26. The molecular weight excluding hydrogens is 328 g/mol. The van der Waals surface area contributed by atoms with Crippen LogP contribution < -0.4 is 5.32 Å². The molecule has 1 fully saturated rings. The van der Waals surface area contributed by atoms with Gasteiger partial charge in [0, 0.05) is 32.0 Å². The van der Waals surface area contributed by atoms with Crippen LogP contribution in [0.5, 0.6) is 0 Å². The molecule has 3 rings (SSSR count). The van der Waals surface area contributed by atoms with Gasteiger partial charge >= 0.3 is 0 Å². The lowest BCUT2D eigenvalue weighted by atomic mass is 9.99.